The molecule has 1 N–H and O–H groups in total. The Morgan fingerprint density at radius 1 is 1.00 bits per heavy atom. The summed E-state index contributed by atoms with van der Waals surface area (Å²) >= 11 is 17.8. The van der Waals surface area contributed by atoms with Gasteiger partial charge in [0, 0.05) is 5.02 Å². The molecule has 0 heterocycles. The topological polar surface area (TPSA) is 22.9 Å². The van der Waals surface area contributed by atoms with Crippen LogP contribution in [-0.2, 0) is 4.74 Å². The van der Waals surface area contributed by atoms with E-state index in [1.165, 1.54) is 4.90 Å². The van der Waals surface area contributed by atoms with Crippen molar-refractivity contribution in [3.05, 3.63) is 27.2 Å². The van der Waals surface area contributed by atoms with Crippen LogP contribution in [0.3, 0.4) is 0 Å². The summed E-state index contributed by atoms with van der Waals surface area (Å²) in [6, 6.07) is 3.20. The summed E-state index contributed by atoms with van der Waals surface area (Å²) in [6.45, 7) is 2.57. The van der Waals surface area contributed by atoms with Gasteiger partial charge in [-0.1, -0.05) is 34.8 Å². The zero-order chi connectivity index (χ0) is 13.5. The number of ether oxygens (including phenoxy) is 2. The van der Waals surface area contributed by atoms with Gasteiger partial charge in [-0.15, -0.1) is 0 Å². The van der Waals surface area contributed by atoms with Crippen LogP contribution >= 0.6 is 34.8 Å². The highest BCUT2D eigenvalue weighted by atomic mass is 35.5. The number of rotatable bonds is 7. The maximum absolute atomic E-state index is 5.98. The normalized spacial score (nSPS) is 11.0. The predicted octanol–water partition coefficient (Wildman–Crippen LogP) is 2.19. The Hall–Kier alpha value is -0.190. The molecule has 1 aromatic rings. The summed E-state index contributed by atoms with van der Waals surface area (Å²) in [5.41, 5.74) is 0. The van der Waals surface area contributed by atoms with Gasteiger partial charge in [-0.25, -0.2) is 0 Å². The fourth-order valence-corrected chi connectivity index (χ4v) is 2.17. The molecule has 0 amide bonds. The highest BCUT2D eigenvalue weighted by molar-refractivity contribution is 6.40. The van der Waals surface area contributed by atoms with Crippen molar-refractivity contribution in [1.82, 2.24) is 0 Å². The number of likely N-dealkylation sites (N-methyl/N-ethyl adjacent to an activating group) is 1. The third kappa shape index (κ3) is 5.63. The molecule has 3 nitrogen and oxygen atoms in total. The molecule has 0 aliphatic rings. The largest absolute Gasteiger partial charge is 0.488 e. The summed E-state index contributed by atoms with van der Waals surface area (Å²) < 4.78 is 10.9. The van der Waals surface area contributed by atoms with Gasteiger partial charge in [0.05, 0.1) is 37.4 Å². The van der Waals surface area contributed by atoms with Crippen molar-refractivity contribution in [2.45, 2.75) is 0 Å². The number of nitrogens with one attached hydrogen (secondary N) is 1. The SMILES string of the molecule is C[NH+](C)CCOCCOc1c(Cl)cc(Cl)cc1Cl. The zero-order valence-corrected chi connectivity index (χ0v) is 12.7. The number of benzene rings is 1. The van der Waals surface area contributed by atoms with E-state index in [1.54, 1.807) is 12.1 Å². The molecule has 0 atom stereocenters. The molecule has 0 aromatic heterocycles. The van der Waals surface area contributed by atoms with Gasteiger partial charge in [0.15, 0.2) is 5.75 Å². The number of hydrogen-bond donors (Lipinski definition) is 1. The molecule has 6 heteroatoms. The Bertz CT molecular complexity index is 363. The van der Waals surface area contributed by atoms with Crippen LogP contribution in [-0.4, -0.2) is 40.5 Å². The molecule has 0 spiro atoms. The average Bonchev–Trinajstić information content (AvgIpc) is 2.25. The van der Waals surface area contributed by atoms with Crippen LogP contribution in [0.25, 0.3) is 0 Å². The van der Waals surface area contributed by atoms with Crippen molar-refractivity contribution in [2.75, 3.05) is 40.5 Å². The van der Waals surface area contributed by atoms with Crippen LogP contribution in [0.4, 0.5) is 0 Å². The van der Waals surface area contributed by atoms with Crippen molar-refractivity contribution < 1.29 is 14.4 Å². The first-order valence-electron chi connectivity index (χ1n) is 5.65. The molecular weight excluding hydrogens is 296 g/mol. The molecule has 0 bridgehead atoms. The molecule has 0 fully saturated rings. The molecule has 0 saturated carbocycles. The highest BCUT2D eigenvalue weighted by Gasteiger charge is 2.08. The van der Waals surface area contributed by atoms with Gasteiger partial charge in [0.25, 0.3) is 0 Å². The van der Waals surface area contributed by atoms with E-state index in [2.05, 4.69) is 14.1 Å². The van der Waals surface area contributed by atoms with Crippen LogP contribution in [0.2, 0.25) is 15.1 Å². The van der Waals surface area contributed by atoms with Gasteiger partial charge < -0.3 is 14.4 Å². The molecule has 0 unspecified atom stereocenters. The Kier molecular flexibility index (Phi) is 7.12. The predicted molar refractivity (Wildman–Crippen MR) is 75.5 cm³/mol. The summed E-state index contributed by atoms with van der Waals surface area (Å²) in [6.07, 6.45) is 0. The van der Waals surface area contributed by atoms with Crippen molar-refractivity contribution in [3.8, 4) is 5.75 Å². The van der Waals surface area contributed by atoms with Gasteiger partial charge in [-0.05, 0) is 12.1 Å². The first-order valence-corrected chi connectivity index (χ1v) is 6.78. The molecule has 0 radical (unpaired) electrons. The molecule has 0 aliphatic carbocycles. The fourth-order valence-electron chi connectivity index (χ4n) is 1.25. The van der Waals surface area contributed by atoms with Crippen molar-refractivity contribution in [2.24, 2.45) is 0 Å². The van der Waals surface area contributed by atoms with E-state index in [0.717, 1.165) is 6.54 Å². The molecule has 1 rings (SSSR count). The minimum atomic E-state index is 0.407. The second kappa shape index (κ2) is 8.08. The maximum Gasteiger partial charge on any atom is 0.156 e. The second-order valence-corrected chi connectivity index (χ2v) is 5.37. The summed E-state index contributed by atoms with van der Waals surface area (Å²) in [4.78, 5) is 1.35. The van der Waals surface area contributed by atoms with Gasteiger partial charge in [-0.3, -0.25) is 0 Å². The standard InChI is InChI=1S/C12H16Cl3NO2/c1-16(2)3-4-17-5-6-18-12-10(14)7-9(13)8-11(12)15/h7-8H,3-6H2,1-2H3/p+1. The minimum absolute atomic E-state index is 0.407. The van der Waals surface area contributed by atoms with E-state index in [9.17, 15) is 0 Å². The summed E-state index contributed by atoms with van der Waals surface area (Å²) in [7, 11) is 4.15. The Morgan fingerprint density at radius 2 is 1.61 bits per heavy atom. The van der Waals surface area contributed by atoms with Crippen LogP contribution in [0.1, 0.15) is 0 Å². The van der Waals surface area contributed by atoms with Crippen LogP contribution in [0, 0.1) is 0 Å². The Balaban J connectivity index is 2.31. The molecule has 18 heavy (non-hydrogen) atoms. The number of quaternary nitrogens is 1. The van der Waals surface area contributed by atoms with Crippen LogP contribution < -0.4 is 9.64 Å². The van der Waals surface area contributed by atoms with E-state index < -0.39 is 0 Å². The average molecular weight is 314 g/mol. The van der Waals surface area contributed by atoms with Gasteiger partial charge in [0.1, 0.15) is 13.2 Å². The van der Waals surface area contributed by atoms with Gasteiger partial charge in [0.2, 0.25) is 0 Å². The van der Waals surface area contributed by atoms with Crippen LogP contribution in [0.5, 0.6) is 5.75 Å². The van der Waals surface area contributed by atoms with Crippen molar-refractivity contribution in [3.63, 3.8) is 0 Å². The lowest BCUT2D eigenvalue weighted by Crippen LogP contribution is -3.06. The molecule has 102 valence electrons. The number of halogens is 3. The lowest BCUT2D eigenvalue weighted by molar-refractivity contribution is -0.858. The van der Waals surface area contributed by atoms with E-state index in [0.29, 0.717) is 40.6 Å². The smallest absolute Gasteiger partial charge is 0.156 e. The molecule has 0 aliphatic heterocycles. The monoisotopic (exact) mass is 312 g/mol. The van der Waals surface area contributed by atoms with E-state index in [-0.39, 0.29) is 0 Å². The van der Waals surface area contributed by atoms with Crippen molar-refractivity contribution in [1.29, 1.82) is 0 Å². The fraction of sp³-hybridized carbons (Fsp3) is 0.500. The lowest BCUT2D eigenvalue weighted by atomic mass is 10.3. The third-order valence-electron chi connectivity index (χ3n) is 2.18. The van der Waals surface area contributed by atoms with E-state index in [4.69, 9.17) is 44.3 Å². The van der Waals surface area contributed by atoms with Crippen molar-refractivity contribution >= 4 is 34.8 Å². The first kappa shape index (κ1) is 15.9. The molecule has 0 saturated heterocycles. The molecule has 1 aromatic carbocycles. The van der Waals surface area contributed by atoms with Gasteiger partial charge >= 0.3 is 0 Å². The number of hydrogen-bond acceptors (Lipinski definition) is 2. The minimum Gasteiger partial charge on any atom is -0.488 e. The maximum atomic E-state index is 5.98. The zero-order valence-electron chi connectivity index (χ0n) is 10.4. The molecular formula is C12H17Cl3NO2+. The van der Waals surface area contributed by atoms with Gasteiger partial charge in [-0.2, -0.15) is 0 Å². The third-order valence-corrected chi connectivity index (χ3v) is 2.96. The highest BCUT2D eigenvalue weighted by Crippen LogP contribution is 2.35. The summed E-state index contributed by atoms with van der Waals surface area (Å²) in [5, 5.41) is 1.30. The quantitative estimate of drug-likeness (QED) is 0.780. The lowest BCUT2D eigenvalue weighted by Gasteiger charge is -2.11. The first-order chi connectivity index (χ1) is 8.50. The summed E-state index contributed by atoms with van der Waals surface area (Å²) in [5.74, 6) is 0.449. The van der Waals surface area contributed by atoms with Crippen LogP contribution in [0.15, 0.2) is 12.1 Å². The Labute approximate surface area is 123 Å². The van der Waals surface area contributed by atoms with E-state index in [1.807, 2.05) is 0 Å². The second-order valence-electron chi connectivity index (χ2n) is 4.12. The van der Waals surface area contributed by atoms with E-state index >= 15 is 0 Å². The Morgan fingerprint density at radius 3 is 2.17 bits per heavy atom.